The lowest BCUT2D eigenvalue weighted by Crippen LogP contribution is -2.18. The van der Waals surface area contributed by atoms with Crippen LogP contribution in [-0.4, -0.2) is 25.3 Å². The van der Waals surface area contributed by atoms with Gasteiger partial charge in [-0.2, -0.15) is 0 Å². The van der Waals surface area contributed by atoms with Crippen LogP contribution in [0, 0.1) is 0 Å². The lowest BCUT2D eigenvalue weighted by Gasteiger charge is -2.11. The van der Waals surface area contributed by atoms with Crippen LogP contribution >= 0.6 is 23.2 Å². The second-order valence-corrected chi connectivity index (χ2v) is 4.88. The molecule has 0 aromatic heterocycles. The van der Waals surface area contributed by atoms with Crippen LogP contribution in [0.5, 0.6) is 0 Å². The molecule has 1 heterocycles. The Kier molecular flexibility index (Phi) is 4.32. The Morgan fingerprint density at radius 2 is 2.28 bits per heavy atom. The Balaban J connectivity index is 2.00. The molecule has 1 aromatic carbocycles. The van der Waals surface area contributed by atoms with Crippen molar-refractivity contribution in [3.05, 3.63) is 27.7 Å². The van der Waals surface area contributed by atoms with Gasteiger partial charge in [0.05, 0.1) is 27.4 Å². The minimum Gasteiger partial charge on any atom is -0.459 e. The Bertz CT molecular complexity index is 436. The van der Waals surface area contributed by atoms with Crippen molar-refractivity contribution in [2.75, 3.05) is 18.9 Å². The molecule has 2 rings (SSSR count). The number of hydrogen-bond donors (Lipinski definition) is 1. The highest BCUT2D eigenvalue weighted by Crippen LogP contribution is 2.29. The van der Waals surface area contributed by atoms with Gasteiger partial charge in [0.15, 0.2) is 0 Å². The fourth-order valence-electron chi connectivity index (χ4n) is 1.76. The van der Waals surface area contributed by atoms with E-state index in [0.717, 1.165) is 19.4 Å². The molecule has 2 N–H and O–H groups in total. The number of carbonyl (C=O) groups excluding carboxylic acids is 1. The molecule has 1 fully saturated rings. The second-order valence-electron chi connectivity index (χ2n) is 4.09. The van der Waals surface area contributed by atoms with Crippen LogP contribution < -0.4 is 5.73 Å². The summed E-state index contributed by atoms with van der Waals surface area (Å²) in [6, 6.07) is 2.89. The van der Waals surface area contributed by atoms with E-state index in [9.17, 15) is 4.79 Å². The predicted octanol–water partition coefficient (Wildman–Crippen LogP) is 2.91. The summed E-state index contributed by atoms with van der Waals surface area (Å²) < 4.78 is 10.5. The highest BCUT2D eigenvalue weighted by molar-refractivity contribution is 6.43. The number of nitrogens with two attached hydrogens (primary N) is 1. The van der Waals surface area contributed by atoms with E-state index in [-0.39, 0.29) is 28.4 Å². The average Bonchev–Trinajstić information content (AvgIpc) is 2.85. The molecule has 1 aliphatic rings. The molecule has 6 heteroatoms. The van der Waals surface area contributed by atoms with Crippen LogP contribution in [-0.2, 0) is 9.47 Å². The van der Waals surface area contributed by atoms with Gasteiger partial charge in [-0.15, -0.1) is 0 Å². The van der Waals surface area contributed by atoms with Gasteiger partial charge >= 0.3 is 5.97 Å². The molecule has 0 amide bonds. The Hall–Kier alpha value is -0.970. The van der Waals surface area contributed by atoms with Crippen molar-refractivity contribution in [3.8, 4) is 0 Å². The van der Waals surface area contributed by atoms with Gasteiger partial charge in [0.2, 0.25) is 0 Å². The zero-order valence-corrected chi connectivity index (χ0v) is 11.1. The molecule has 1 saturated heterocycles. The van der Waals surface area contributed by atoms with Gasteiger partial charge in [-0.25, -0.2) is 4.79 Å². The number of hydrogen-bond acceptors (Lipinski definition) is 4. The third-order valence-corrected chi connectivity index (χ3v) is 3.53. The van der Waals surface area contributed by atoms with Gasteiger partial charge in [0.1, 0.15) is 6.61 Å². The SMILES string of the molecule is Nc1cc(C(=O)OCC2CCCO2)cc(Cl)c1Cl. The summed E-state index contributed by atoms with van der Waals surface area (Å²) in [5, 5.41) is 0.480. The lowest BCUT2D eigenvalue weighted by molar-refractivity contribution is 0.0161. The molecule has 0 aliphatic carbocycles. The van der Waals surface area contributed by atoms with E-state index in [1.54, 1.807) is 0 Å². The molecule has 1 aliphatic heterocycles. The van der Waals surface area contributed by atoms with E-state index in [2.05, 4.69) is 0 Å². The van der Waals surface area contributed by atoms with Crippen molar-refractivity contribution < 1.29 is 14.3 Å². The fraction of sp³-hybridized carbons (Fsp3) is 0.417. The van der Waals surface area contributed by atoms with Crippen molar-refractivity contribution in [3.63, 3.8) is 0 Å². The van der Waals surface area contributed by atoms with Crippen LogP contribution in [0.3, 0.4) is 0 Å². The molecule has 0 bridgehead atoms. The van der Waals surface area contributed by atoms with E-state index in [1.807, 2.05) is 0 Å². The molecule has 0 saturated carbocycles. The van der Waals surface area contributed by atoms with E-state index >= 15 is 0 Å². The van der Waals surface area contributed by atoms with Gasteiger partial charge in [-0.05, 0) is 25.0 Å². The number of halogens is 2. The van der Waals surface area contributed by atoms with E-state index in [1.165, 1.54) is 12.1 Å². The third kappa shape index (κ3) is 3.07. The molecule has 1 atom stereocenters. The number of rotatable bonds is 3. The van der Waals surface area contributed by atoms with Gasteiger partial charge < -0.3 is 15.2 Å². The van der Waals surface area contributed by atoms with Crippen molar-refractivity contribution in [1.82, 2.24) is 0 Å². The van der Waals surface area contributed by atoms with Gasteiger partial charge in [0.25, 0.3) is 0 Å². The maximum atomic E-state index is 11.8. The summed E-state index contributed by atoms with van der Waals surface area (Å²) in [4.78, 5) is 11.8. The molecule has 18 heavy (non-hydrogen) atoms. The Labute approximate surface area is 115 Å². The normalized spacial score (nSPS) is 18.9. The second kappa shape index (κ2) is 5.78. The molecule has 0 radical (unpaired) electrons. The zero-order valence-electron chi connectivity index (χ0n) is 9.62. The Morgan fingerprint density at radius 1 is 1.50 bits per heavy atom. The summed E-state index contributed by atoms with van der Waals surface area (Å²) in [6.07, 6.45) is 1.91. The standard InChI is InChI=1S/C12H13Cl2NO3/c13-9-4-7(5-10(15)11(9)14)12(16)18-6-8-2-1-3-17-8/h4-5,8H,1-3,6,15H2. The summed E-state index contributed by atoms with van der Waals surface area (Å²) in [7, 11) is 0. The lowest BCUT2D eigenvalue weighted by atomic mass is 10.2. The van der Waals surface area contributed by atoms with Gasteiger partial charge in [-0.3, -0.25) is 0 Å². The minimum absolute atomic E-state index is 0.00549. The first-order valence-corrected chi connectivity index (χ1v) is 6.37. The number of nitrogen functional groups attached to an aromatic ring is 1. The smallest absolute Gasteiger partial charge is 0.338 e. The van der Waals surface area contributed by atoms with Gasteiger partial charge in [-0.1, -0.05) is 23.2 Å². The molecule has 1 unspecified atom stereocenters. The number of carbonyl (C=O) groups is 1. The molecular weight excluding hydrogens is 277 g/mol. The van der Waals surface area contributed by atoms with Crippen LogP contribution in [0.15, 0.2) is 12.1 Å². The van der Waals surface area contributed by atoms with Crippen molar-refractivity contribution >= 4 is 34.9 Å². The number of benzene rings is 1. The molecule has 4 nitrogen and oxygen atoms in total. The van der Waals surface area contributed by atoms with Crippen LogP contribution in [0.2, 0.25) is 10.0 Å². The quantitative estimate of drug-likeness (QED) is 0.686. The summed E-state index contributed by atoms with van der Waals surface area (Å²) in [5.74, 6) is -0.476. The van der Waals surface area contributed by atoms with Crippen LogP contribution in [0.25, 0.3) is 0 Å². The number of anilines is 1. The first kappa shape index (κ1) is 13.5. The third-order valence-electron chi connectivity index (χ3n) is 2.72. The van der Waals surface area contributed by atoms with Crippen molar-refractivity contribution in [2.45, 2.75) is 18.9 Å². The maximum Gasteiger partial charge on any atom is 0.338 e. The fourth-order valence-corrected chi connectivity index (χ4v) is 2.09. The number of ether oxygens (including phenoxy) is 2. The first-order valence-electron chi connectivity index (χ1n) is 5.61. The summed E-state index contributed by atoms with van der Waals surface area (Å²) in [5.41, 5.74) is 6.18. The van der Waals surface area contributed by atoms with Gasteiger partial charge in [0, 0.05) is 6.61 Å². The number of esters is 1. The average molecular weight is 290 g/mol. The largest absolute Gasteiger partial charge is 0.459 e. The summed E-state index contributed by atoms with van der Waals surface area (Å²) >= 11 is 11.7. The molecule has 1 aromatic rings. The van der Waals surface area contributed by atoms with E-state index in [4.69, 9.17) is 38.4 Å². The minimum atomic E-state index is -0.476. The van der Waals surface area contributed by atoms with E-state index in [0.29, 0.717) is 5.56 Å². The van der Waals surface area contributed by atoms with Crippen molar-refractivity contribution in [1.29, 1.82) is 0 Å². The van der Waals surface area contributed by atoms with Crippen molar-refractivity contribution in [2.24, 2.45) is 0 Å². The zero-order chi connectivity index (χ0) is 13.1. The predicted molar refractivity (Wildman–Crippen MR) is 70.1 cm³/mol. The topological polar surface area (TPSA) is 61.6 Å². The molecule has 98 valence electrons. The monoisotopic (exact) mass is 289 g/mol. The van der Waals surface area contributed by atoms with E-state index < -0.39 is 5.97 Å². The summed E-state index contributed by atoms with van der Waals surface area (Å²) in [6.45, 7) is 0.973. The highest BCUT2D eigenvalue weighted by atomic mass is 35.5. The highest BCUT2D eigenvalue weighted by Gasteiger charge is 2.19. The van der Waals surface area contributed by atoms with Crippen LogP contribution in [0.4, 0.5) is 5.69 Å². The first-order chi connectivity index (χ1) is 8.58. The van der Waals surface area contributed by atoms with Crippen LogP contribution in [0.1, 0.15) is 23.2 Å². The maximum absolute atomic E-state index is 11.8. The Morgan fingerprint density at radius 3 is 2.89 bits per heavy atom. The molecule has 0 spiro atoms. The molecular formula is C12H13Cl2NO3.